The van der Waals surface area contributed by atoms with E-state index in [0.29, 0.717) is 19.2 Å². The Kier molecular flexibility index (Phi) is 6.13. The van der Waals surface area contributed by atoms with Crippen LogP contribution in [-0.2, 0) is 22.6 Å². The zero-order valence-corrected chi connectivity index (χ0v) is 12.8. The number of hydrogen-bond donors (Lipinski definition) is 2. The molecule has 7 heteroatoms. The molecule has 0 spiro atoms. The molecule has 0 radical (unpaired) electrons. The first-order chi connectivity index (χ1) is 10.1. The van der Waals surface area contributed by atoms with Crippen molar-refractivity contribution in [2.45, 2.75) is 58.3 Å². The van der Waals surface area contributed by atoms with Crippen LogP contribution in [0, 0.1) is 0 Å². The average Bonchev–Trinajstić information content (AvgIpc) is 3.16. The summed E-state index contributed by atoms with van der Waals surface area (Å²) in [5.74, 6) is -0.0499. The van der Waals surface area contributed by atoms with Crippen LogP contribution in [0.4, 0.5) is 0 Å². The van der Waals surface area contributed by atoms with Crippen LogP contribution >= 0.6 is 0 Å². The molecule has 1 aromatic heterocycles. The molecule has 2 rings (SSSR count). The topological polar surface area (TPSA) is 81.1 Å². The lowest BCUT2D eigenvalue weighted by molar-refractivity contribution is -0.121. The van der Waals surface area contributed by atoms with Gasteiger partial charge in [0.15, 0.2) is 0 Å². The van der Waals surface area contributed by atoms with E-state index in [4.69, 9.17) is 4.74 Å². The molecule has 2 N–H and O–H groups in total. The summed E-state index contributed by atoms with van der Waals surface area (Å²) in [4.78, 5) is 11.7. The molecule has 0 aromatic carbocycles. The first-order valence-corrected chi connectivity index (χ1v) is 7.64. The summed E-state index contributed by atoms with van der Waals surface area (Å²) >= 11 is 0. The van der Waals surface area contributed by atoms with E-state index >= 15 is 0 Å². The van der Waals surface area contributed by atoms with Gasteiger partial charge in [0.25, 0.3) is 0 Å². The Morgan fingerprint density at radius 3 is 3.05 bits per heavy atom. The minimum atomic E-state index is -0.0499. The zero-order chi connectivity index (χ0) is 15.1. The van der Waals surface area contributed by atoms with Crippen molar-refractivity contribution < 1.29 is 9.53 Å². The van der Waals surface area contributed by atoms with E-state index in [1.165, 1.54) is 12.8 Å². The van der Waals surface area contributed by atoms with Crippen LogP contribution in [0.15, 0.2) is 6.20 Å². The van der Waals surface area contributed by atoms with Gasteiger partial charge in [0.2, 0.25) is 5.91 Å². The molecular weight excluding hydrogens is 270 g/mol. The van der Waals surface area contributed by atoms with Crippen LogP contribution < -0.4 is 10.6 Å². The normalized spacial score (nSPS) is 14.6. The van der Waals surface area contributed by atoms with E-state index in [-0.39, 0.29) is 18.6 Å². The summed E-state index contributed by atoms with van der Waals surface area (Å²) in [5, 5.41) is 14.2. The highest BCUT2D eigenvalue weighted by atomic mass is 16.5. The Labute approximate surface area is 125 Å². The summed E-state index contributed by atoms with van der Waals surface area (Å²) in [6.07, 6.45) is 5.36. The van der Waals surface area contributed by atoms with Gasteiger partial charge in [-0.15, -0.1) is 5.10 Å². The predicted octanol–water partition coefficient (Wildman–Crippen LogP) is 0.461. The molecule has 0 saturated heterocycles. The summed E-state index contributed by atoms with van der Waals surface area (Å²) in [6, 6.07) is 0.645. The molecule has 1 heterocycles. The quantitative estimate of drug-likeness (QED) is 0.613. The van der Waals surface area contributed by atoms with Gasteiger partial charge in [0.1, 0.15) is 6.54 Å². The van der Waals surface area contributed by atoms with Gasteiger partial charge in [0, 0.05) is 25.7 Å². The van der Waals surface area contributed by atoms with Crippen LogP contribution in [-0.4, -0.2) is 46.2 Å². The van der Waals surface area contributed by atoms with Crippen molar-refractivity contribution in [1.29, 1.82) is 0 Å². The van der Waals surface area contributed by atoms with Crippen molar-refractivity contribution in [3.63, 3.8) is 0 Å². The lowest BCUT2D eigenvalue weighted by Crippen LogP contribution is -2.29. The molecule has 0 atom stereocenters. The fourth-order valence-electron chi connectivity index (χ4n) is 1.86. The largest absolute Gasteiger partial charge is 0.379 e. The molecule has 21 heavy (non-hydrogen) atoms. The van der Waals surface area contributed by atoms with Crippen LogP contribution in [0.5, 0.6) is 0 Å². The van der Waals surface area contributed by atoms with Crippen molar-refractivity contribution in [3.8, 4) is 0 Å². The van der Waals surface area contributed by atoms with E-state index in [1.54, 1.807) is 4.68 Å². The van der Waals surface area contributed by atoms with Crippen molar-refractivity contribution in [2.75, 3.05) is 13.2 Å². The second kappa shape index (κ2) is 8.09. The first kappa shape index (κ1) is 15.9. The molecule has 0 unspecified atom stereocenters. The third-order valence-corrected chi connectivity index (χ3v) is 3.14. The average molecular weight is 295 g/mol. The Balaban J connectivity index is 1.58. The summed E-state index contributed by atoms with van der Waals surface area (Å²) in [7, 11) is 0. The highest BCUT2D eigenvalue weighted by Gasteiger charge is 2.20. The predicted molar refractivity (Wildman–Crippen MR) is 78.6 cm³/mol. The zero-order valence-electron chi connectivity index (χ0n) is 12.8. The monoisotopic (exact) mass is 295 g/mol. The van der Waals surface area contributed by atoms with Crippen molar-refractivity contribution in [2.24, 2.45) is 0 Å². The number of amides is 1. The number of rotatable bonds is 10. The van der Waals surface area contributed by atoms with E-state index in [9.17, 15) is 4.79 Å². The van der Waals surface area contributed by atoms with Gasteiger partial charge in [-0.25, -0.2) is 4.68 Å². The maximum Gasteiger partial charge on any atom is 0.241 e. The van der Waals surface area contributed by atoms with E-state index in [1.807, 2.05) is 20.0 Å². The summed E-state index contributed by atoms with van der Waals surface area (Å²) < 4.78 is 6.98. The van der Waals surface area contributed by atoms with Crippen LogP contribution in [0.3, 0.4) is 0 Å². The molecule has 0 aliphatic heterocycles. The number of carbonyl (C=O) groups is 1. The van der Waals surface area contributed by atoms with E-state index < -0.39 is 0 Å². The number of ether oxygens (including phenoxy) is 1. The number of hydrogen-bond acceptors (Lipinski definition) is 5. The van der Waals surface area contributed by atoms with Gasteiger partial charge >= 0.3 is 0 Å². The van der Waals surface area contributed by atoms with Gasteiger partial charge in [-0.3, -0.25) is 4.79 Å². The second-order valence-corrected chi connectivity index (χ2v) is 5.69. The van der Waals surface area contributed by atoms with Crippen molar-refractivity contribution >= 4 is 5.91 Å². The fourth-order valence-corrected chi connectivity index (χ4v) is 1.86. The van der Waals surface area contributed by atoms with Gasteiger partial charge in [-0.1, -0.05) is 5.21 Å². The molecule has 1 aliphatic rings. The molecule has 1 fully saturated rings. The van der Waals surface area contributed by atoms with Gasteiger partial charge in [0.05, 0.1) is 18.0 Å². The SMILES string of the molecule is CC(C)OCCCNC(=O)Cn1cc(CNC2CC2)nn1. The highest BCUT2D eigenvalue weighted by molar-refractivity contribution is 5.75. The molecule has 1 amide bonds. The number of nitrogens with zero attached hydrogens (tertiary/aromatic N) is 3. The lowest BCUT2D eigenvalue weighted by atomic mass is 10.4. The molecule has 7 nitrogen and oxygen atoms in total. The summed E-state index contributed by atoms with van der Waals surface area (Å²) in [5.41, 5.74) is 0.875. The van der Waals surface area contributed by atoms with Crippen molar-refractivity contribution in [1.82, 2.24) is 25.6 Å². The van der Waals surface area contributed by atoms with Crippen LogP contribution in [0.1, 0.15) is 38.8 Å². The van der Waals surface area contributed by atoms with E-state index in [2.05, 4.69) is 20.9 Å². The summed E-state index contributed by atoms with van der Waals surface area (Å²) in [6.45, 7) is 6.22. The number of aromatic nitrogens is 3. The standard InChI is InChI=1S/C14H25N5O2/c1-11(2)21-7-3-6-15-14(20)10-19-9-13(17-18-19)8-16-12-4-5-12/h9,11-12,16H,3-8,10H2,1-2H3,(H,15,20). The Morgan fingerprint density at radius 2 is 2.33 bits per heavy atom. The van der Waals surface area contributed by atoms with Crippen LogP contribution in [0.25, 0.3) is 0 Å². The maximum atomic E-state index is 11.7. The third kappa shape index (κ3) is 6.68. The number of nitrogens with one attached hydrogen (secondary N) is 2. The molecule has 1 saturated carbocycles. The van der Waals surface area contributed by atoms with E-state index in [0.717, 1.165) is 18.7 Å². The lowest BCUT2D eigenvalue weighted by Gasteiger charge is -2.08. The second-order valence-electron chi connectivity index (χ2n) is 5.69. The Hall–Kier alpha value is -1.47. The molecule has 0 bridgehead atoms. The van der Waals surface area contributed by atoms with Gasteiger partial charge in [-0.2, -0.15) is 0 Å². The van der Waals surface area contributed by atoms with Crippen LogP contribution in [0.2, 0.25) is 0 Å². The van der Waals surface area contributed by atoms with Gasteiger partial charge in [-0.05, 0) is 33.1 Å². The Bertz CT molecular complexity index is 442. The van der Waals surface area contributed by atoms with Crippen molar-refractivity contribution in [3.05, 3.63) is 11.9 Å². The highest BCUT2D eigenvalue weighted by Crippen LogP contribution is 2.18. The first-order valence-electron chi connectivity index (χ1n) is 7.64. The smallest absolute Gasteiger partial charge is 0.241 e. The van der Waals surface area contributed by atoms with Gasteiger partial charge < -0.3 is 15.4 Å². The maximum absolute atomic E-state index is 11.7. The minimum absolute atomic E-state index is 0.0499. The third-order valence-electron chi connectivity index (χ3n) is 3.14. The Morgan fingerprint density at radius 1 is 1.52 bits per heavy atom. The molecular formula is C14H25N5O2. The number of carbonyl (C=O) groups excluding carboxylic acids is 1. The molecule has 1 aliphatic carbocycles. The molecule has 118 valence electrons. The fraction of sp³-hybridized carbons (Fsp3) is 0.786. The molecule has 1 aromatic rings. The minimum Gasteiger partial charge on any atom is -0.379 e.